The minimum Gasteiger partial charge on any atom is -0.353 e. The second-order valence-corrected chi connectivity index (χ2v) is 11.2. The number of ether oxygens (including phenoxy) is 4. The second kappa shape index (κ2) is 11.2. The second-order valence-electron chi connectivity index (χ2n) is 11.2. The van der Waals surface area contributed by atoms with Crippen molar-refractivity contribution in [1.82, 2.24) is 0 Å². The number of carbonyl (C=O) groups excluding carboxylic acids is 1. The van der Waals surface area contributed by atoms with Crippen LogP contribution in [0.25, 0.3) is 0 Å². The molecule has 3 aliphatic carbocycles. The van der Waals surface area contributed by atoms with Crippen LogP contribution in [-0.4, -0.2) is 43.8 Å². The van der Waals surface area contributed by atoms with Crippen molar-refractivity contribution in [3.8, 4) is 11.8 Å². The molecule has 5 aliphatic rings. The number of rotatable bonds is 8. The average molecular weight is 471 g/mol. The molecule has 5 heteroatoms. The third-order valence-electron chi connectivity index (χ3n) is 9.00. The molecule has 0 aromatic carbocycles. The summed E-state index contributed by atoms with van der Waals surface area (Å²) in [5.74, 6) is 7.95. The summed E-state index contributed by atoms with van der Waals surface area (Å²) in [5, 5.41) is 0. The van der Waals surface area contributed by atoms with Crippen LogP contribution in [0.1, 0.15) is 90.4 Å². The Hall–Kier alpha value is -1.19. The van der Waals surface area contributed by atoms with E-state index < -0.39 is 0 Å². The molecule has 0 radical (unpaired) electrons. The lowest BCUT2D eigenvalue weighted by atomic mass is 9.63. The van der Waals surface area contributed by atoms with Crippen molar-refractivity contribution in [2.45, 2.75) is 115 Å². The highest BCUT2D eigenvalue weighted by atomic mass is 16.7. The van der Waals surface area contributed by atoms with Gasteiger partial charge in [0.25, 0.3) is 0 Å². The van der Waals surface area contributed by atoms with Gasteiger partial charge in [0.2, 0.25) is 0 Å². The maximum atomic E-state index is 12.3. The van der Waals surface area contributed by atoms with E-state index in [1.807, 2.05) is 6.92 Å². The first-order valence-electron chi connectivity index (χ1n) is 13.8. The van der Waals surface area contributed by atoms with Crippen molar-refractivity contribution in [1.29, 1.82) is 0 Å². The zero-order chi connectivity index (χ0) is 23.4. The van der Waals surface area contributed by atoms with Crippen LogP contribution in [0.3, 0.4) is 0 Å². The Bertz CT molecular complexity index is 778. The molecule has 5 rings (SSSR count). The summed E-state index contributed by atoms with van der Waals surface area (Å²) in [6.07, 6.45) is 17.8. The lowest BCUT2D eigenvalue weighted by Crippen LogP contribution is -2.44. The molecule has 0 amide bonds. The van der Waals surface area contributed by atoms with E-state index in [9.17, 15) is 4.79 Å². The molecule has 2 saturated heterocycles. The Morgan fingerprint density at radius 1 is 1.06 bits per heavy atom. The summed E-state index contributed by atoms with van der Waals surface area (Å²) < 4.78 is 25.1. The van der Waals surface area contributed by atoms with E-state index in [2.05, 4.69) is 24.0 Å². The van der Waals surface area contributed by atoms with Crippen LogP contribution < -0.4 is 0 Å². The molecule has 0 N–H and O–H groups in total. The van der Waals surface area contributed by atoms with Crippen LogP contribution in [0.4, 0.5) is 0 Å². The monoisotopic (exact) mass is 470 g/mol. The number of fused-ring (bicyclic) bond motifs is 1. The van der Waals surface area contributed by atoms with Crippen molar-refractivity contribution >= 4 is 5.78 Å². The number of ketones is 1. The van der Waals surface area contributed by atoms with Gasteiger partial charge in [0.15, 0.2) is 12.6 Å². The predicted octanol–water partition coefficient (Wildman–Crippen LogP) is 5.57. The van der Waals surface area contributed by atoms with Gasteiger partial charge in [0.1, 0.15) is 5.78 Å². The summed E-state index contributed by atoms with van der Waals surface area (Å²) in [5.41, 5.74) is 0.0760. The fraction of sp³-hybridized carbons (Fsp3) is 0.828. The Morgan fingerprint density at radius 2 is 1.82 bits per heavy atom. The van der Waals surface area contributed by atoms with E-state index in [1.54, 1.807) is 0 Å². The van der Waals surface area contributed by atoms with E-state index in [1.165, 1.54) is 12.8 Å². The van der Waals surface area contributed by atoms with E-state index in [0.29, 0.717) is 30.5 Å². The van der Waals surface area contributed by atoms with Gasteiger partial charge in [-0.2, -0.15) is 0 Å². The molecule has 5 fully saturated rings. The maximum Gasteiger partial charge on any atom is 0.158 e. The smallest absolute Gasteiger partial charge is 0.158 e. The van der Waals surface area contributed by atoms with Crippen LogP contribution in [0.5, 0.6) is 0 Å². The van der Waals surface area contributed by atoms with E-state index in [-0.39, 0.29) is 36.1 Å². The Balaban J connectivity index is 1.34. The van der Waals surface area contributed by atoms with Gasteiger partial charge >= 0.3 is 0 Å². The van der Waals surface area contributed by atoms with E-state index in [4.69, 9.17) is 18.9 Å². The zero-order valence-electron chi connectivity index (χ0n) is 20.8. The van der Waals surface area contributed by atoms with Gasteiger partial charge in [0, 0.05) is 43.8 Å². The predicted molar refractivity (Wildman–Crippen MR) is 130 cm³/mol. The first-order chi connectivity index (χ1) is 16.7. The van der Waals surface area contributed by atoms with Crippen LogP contribution in [0.15, 0.2) is 12.2 Å². The molecule has 0 aromatic rings. The molecule has 0 aromatic heterocycles. The number of carbonyl (C=O) groups is 1. The molecular formula is C29H42O5. The zero-order valence-corrected chi connectivity index (χ0v) is 20.8. The van der Waals surface area contributed by atoms with E-state index in [0.717, 1.165) is 71.0 Å². The SMILES string of the molecule is CC#CCC1([C@@H](/C=C/[C@@H]2[C@H]3CC(=O)C[C@H]3C[C@H]2OC2CCCCO2)OC2CCCCO2)CCC1. The van der Waals surface area contributed by atoms with Crippen molar-refractivity contribution in [2.75, 3.05) is 13.2 Å². The van der Waals surface area contributed by atoms with Gasteiger partial charge in [-0.3, -0.25) is 4.79 Å². The quantitative estimate of drug-likeness (QED) is 0.343. The molecule has 2 unspecified atom stereocenters. The Morgan fingerprint density at radius 3 is 2.47 bits per heavy atom. The molecule has 3 saturated carbocycles. The Kier molecular flexibility index (Phi) is 8.11. The van der Waals surface area contributed by atoms with Gasteiger partial charge < -0.3 is 18.9 Å². The summed E-state index contributed by atoms with van der Waals surface area (Å²) in [6, 6.07) is 0. The lowest BCUT2D eigenvalue weighted by Gasteiger charge is -2.47. The molecule has 0 bridgehead atoms. The topological polar surface area (TPSA) is 54.0 Å². The van der Waals surface area contributed by atoms with Gasteiger partial charge in [-0.05, 0) is 76.5 Å². The van der Waals surface area contributed by atoms with Crippen LogP contribution in [0.2, 0.25) is 0 Å². The van der Waals surface area contributed by atoms with Gasteiger partial charge in [-0.15, -0.1) is 11.8 Å². The summed E-state index contributed by atoms with van der Waals surface area (Å²) in [4.78, 5) is 12.3. The molecule has 7 atom stereocenters. The first-order valence-corrected chi connectivity index (χ1v) is 13.8. The number of hydrogen-bond donors (Lipinski definition) is 0. The first kappa shape index (κ1) is 24.5. The molecular weight excluding hydrogens is 428 g/mol. The van der Waals surface area contributed by atoms with Crippen LogP contribution in [-0.2, 0) is 23.7 Å². The van der Waals surface area contributed by atoms with Gasteiger partial charge in [-0.25, -0.2) is 0 Å². The van der Waals surface area contributed by atoms with Gasteiger partial charge in [0.05, 0.1) is 12.2 Å². The summed E-state index contributed by atoms with van der Waals surface area (Å²) >= 11 is 0. The highest BCUT2D eigenvalue weighted by molar-refractivity contribution is 5.81. The van der Waals surface area contributed by atoms with Crippen molar-refractivity contribution in [3.05, 3.63) is 12.2 Å². The fourth-order valence-electron chi connectivity index (χ4n) is 6.89. The highest BCUT2D eigenvalue weighted by Gasteiger charge is 2.49. The largest absolute Gasteiger partial charge is 0.353 e. The molecule has 34 heavy (non-hydrogen) atoms. The molecule has 0 spiro atoms. The fourth-order valence-corrected chi connectivity index (χ4v) is 6.89. The standard InChI is InChI=1S/C29H42O5/c1-2-3-13-29(14-8-15-29)26(34-28-10-5-7-17-32-28)12-11-23-24-20-22(30)18-21(24)19-25(23)33-27-9-4-6-16-31-27/h11-12,21,23-28H,4-10,13-20H2,1H3/b12-11+/t21-,23+,24-,25+,26+,27?,28?/m0/s1. The summed E-state index contributed by atoms with van der Waals surface area (Å²) in [7, 11) is 0. The Labute approximate surface area is 205 Å². The maximum absolute atomic E-state index is 12.3. The molecule has 188 valence electrons. The minimum absolute atomic E-state index is 0.00654. The van der Waals surface area contributed by atoms with Crippen molar-refractivity contribution in [2.24, 2.45) is 23.2 Å². The third-order valence-corrected chi connectivity index (χ3v) is 9.00. The van der Waals surface area contributed by atoms with Crippen molar-refractivity contribution in [3.63, 3.8) is 0 Å². The lowest BCUT2D eigenvalue weighted by molar-refractivity contribution is -0.209. The van der Waals surface area contributed by atoms with E-state index >= 15 is 0 Å². The third kappa shape index (κ3) is 5.46. The average Bonchev–Trinajstić information content (AvgIpc) is 3.33. The molecule has 2 aliphatic heterocycles. The highest BCUT2D eigenvalue weighted by Crippen LogP contribution is 2.51. The molecule has 5 nitrogen and oxygen atoms in total. The van der Waals surface area contributed by atoms with Crippen LogP contribution in [0, 0.1) is 35.0 Å². The minimum atomic E-state index is -0.123. The molecule has 2 heterocycles. The normalized spacial score (nSPS) is 38.2. The number of hydrogen-bond acceptors (Lipinski definition) is 5. The van der Waals surface area contributed by atoms with Crippen molar-refractivity contribution < 1.29 is 23.7 Å². The number of Topliss-reactive ketones (excluding diaryl/α,β-unsaturated/α-hetero) is 1. The summed E-state index contributed by atoms with van der Waals surface area (Å²) in [6.45, 7) is 3.50. The van der Waals surface area contributed by atoms with Gasteiger partial charge in [-0.1, -0.05) is 18.6 Å². The van der Waals surface area contributed by atoms with Crippen LogP contribution >= 0.6 is 0 Å².